The summed E-state index contributed by atoms with van der Waals surface area (Å²) >= 11 is 3.57. The number of anilines is 1. The van der Waals surface area contributed by atoms with E-state index in [1.807, 2.05) is 12.1 Å². The first-order chi connectivity index (χ1) is 10.6. The number of benzene rings is 2. The van der Waals surface area contributed by atoms with Crippen molar-refractivity contribution in [3.8, 4) is 6.07 Å². The van der Waals surface area contributed by atoms with Crippen LogP contribution in [0, 0.1) is 21.4 Å². The van der Waals surface area contributed by atoms with E-state index in [0.29, 0.717) is 12.1 Å². The van der Waals surface area contributed by atoms with E-state index in [1.165, 1.54) is 23.3 Å². The highest BCUT2D eigenvalue weighted by molar-refractivity contribution is 9.10. The molecule has 0 radical (unpaired) electrons. The van der Waals surface area contributed by atoms with E-state index in [-0.39, 0.29) is 5.69 Å². The fourth-order valence-corrected chi connectivity index (χ4v) is 3.28. The van der Waals surface area contributed by atoms with Gasteiger partial charge in [0.05, 0.1) is 16.2 Å². The lowest BCUT2D eigenvalue weighted by molar-refractivity contribution is -0.384. The number of nitriles is 1. The molecule has 1 heterocycles. The zero-order chi connectivity index (χ0) is 15.7. The predicted molar refractivity (Wildman–Crippen MR) is 86.7 cm³/mol. The van der Waals surface area contributed by atoms with E-state index in [9.17, 15) is 15.4 Å². The van der Waals surface area contributed by atoms with Crippen LogP contribution in [-0.2, 0) is 13.0 Å². The molecule has 1 aliphatic heterocycles. The van der Waals surface area contributed by atoms with Gasteiger partial charge < -0.3 is 4.90 Å². The zero-order valence-corrected chi connectivity index (χ0v) is 13.2. The van der Waals surface area contributed by atoms with Gasteiger partial charge in [-0.2, -0.15) is 5.26 Å². The number of nitro groups is 1. The molecule has 3 rings (SSSR count). The van der Waals surface area contributed by atoms with Gasteiger partial charge in [0.1, 0.15) is 6.07 Å². The van der Waals surface area contributed by atoms with E-state index in [4.69, 9.17) is 0 Å². The summed E-state index contributed by atoms with van der Waals surface area (Å²) in [5, 5.41) is 20.1. The molecule has 2 aromatic carbocycles. The molecule has 0 aliphatic carbocycles. The molecule has 1 aliphatic rings. The van der Waals surface area contributed by atoms with Crippen LogP contribution in [0.15, 0.2) is 40.9 Å². The number of halogens is 1. The monoisotopic (exact) mass is 357 g/mol. The Morgan fingerprint density at radius 1 is 1.32 bits per heavy atom. The molecule has 0 atom stereocenters. The Labute approximate surface area is 136 Å². The van der Waals surface area contributed by atoms with Crippen LogP contribution in [0.5, 0.6) is 0 Å². The molecule has 0 amide bonds. The molecule has 0 unspecified atom stereocenters. The van der Waals surface area contributed by atoms with Crippen molar-refractivity contribution in [2.45, 2.75) is 13.0 Å². The maximum absolute atomic E-state index is 10.8. The quantitative estimate of drug-likeness (QED) is 0.605. The van der Waals surface area contributed by atoms with Crippen molar-refractivity contribution in [1.82, 2.24) is 0 Å². The molecule has 0 aromatic heterocycles. The van der Waals surface area contributed by atoms with E-state index < -0.39 is 4.92 Å². The van der Waals surface area contributed by atoms with Crippen molar-refractivity contribution in [2.75, 3.05) is 11.4 Å². The lowest BCUT2D eigenvalue weighted by Gasteiger charge is -2.31. The van der Waals surface area contributed by atoms with Crippen molar-refractivity contribution < 1.29 is 4.92 Å². The van der Waals surface area contributed by atoms with Gasteiger partial charge in [0.15, 0.2) is 0 Å². The largest absolute Gasteiger partial charge is 0.366 e. The minimum absolute atomic E-state index is 0.0566. The minimum Gasteiger partial charge on any atom is -0.366 e. The first kappa shape index (κ1) is 14.5. The topological polar surface area (TPSA) is 70.2 Å². The second kappa shape index (κ2) is 5.78. The van der Waals surface area contributed by atoms with Crippen molar-refractivity contribution in [3.63, 3.8) is 0 Å². The van der Waals surface area contributed by atoms with Crippen molar-refractivity contribution >= 4 is 27.3 Å². The molecule has 22 heavy (non-hydrogen) atoms. The van der Waals surface area contributed by atoms with E-state index in [0.717, 1.165) is 23.1 Å². The summed E-state index contributed by atoms with van der Waals surface area (Å²) in [5.41, 5.74) is 3.53. The fraction of sp³-hybridized carbons (Fsp3) is 0.188. The van der Waals surface area contributed by atoms with Crippen molar-refractivity contribution in [2.24, 2.45) is 0 Å². The summed E-state index contributed by atoms with van der Waals surface area (Å²) in [6, 6.07) is 12.7. The normalized spacial score (nSPS) is 13.4. The lowest BCUT2D eigenvalue weighted by Crippen LogP contribution is -2.31. The average Bonchev–Trinajstić information content (AvgIpc) is 2.54. The molecule has 6 heteroatoms. The average molecular weight is 358 g/mol. The molecule has 0 spiro atoms. The smallest absolute Gasteiger partial charge is 0.270 e. The Morgan fingerprint density at radius 2 is 2.14 bits per heavy atom. The Morgan fingerprint density at radius 3 is 2.86 bits per heavy atom. The molecule has 5 nitrogen and oxygen atoms in total. The lowest BCUT2D eigenvalue weighted by atomic mass is 9.98. The van der Waals surface area contributed by atoms with Crippen LogP contribution in [-0.4, -0.2) is 11.5 Å². The third-order valence-corrected chi connectivity index (χ3v) is 4.61. The standard InChI is InChI=1S/C16H12BrN3O2/c17-15-3-1-2-11-6-7-19(10-14(11)15)16-5-4-13(20(21)22)8-12(16)9-18/h1-5,8H,6-7,10H2. The van der Waals surface area contributed by atoms with Crippen LogP contribution in [0.3, 0.4) is 0 Å². The van der Waals surface area contributed by atoms with E-state index in [1.54, 1.807) is 6.07 Å². The van der Waals surface area contributed by atoms with Crippen LogP contribution in [0.2, 0.25) is 0 Å². The third-order valence-electron chi connectivity index (χ3n) is 3.87. The van der Waals surface area contributed by atoms with Gasteiger partial charge in [-0.25, -0.2) is 0 Å². The molecular weight excluding hydrogens is 346 g/mol. The highest BCUT2D eigenvalue weighted by Gasteiger charge is 2.21. The summed E-state index contributed by atoms with van der Waals surface area (Å²) in [6.45, 7) is 1.47. The second-order valence-corrected chi connectivity index (χ2v) is 5.97. The van der Waals surface area contributed by atoms with Crippen LogP contribution < -0.4 is 4.90 Å². The van der Waals surface area contributed by atoms with Gasteiger partial charge in [-0.3, -0.25) is 10.1 Å². The Balaban J connectivity index is 1.98. The van der Waals surface area contributed by atoms with E-state index >= 15 is 0 Å². The number of nitro benzene ring substituents is 1. The van der Waals surface area contributed by atoms with Gasteiger partial charge in [0.2, 0.25) is 0 Å². The number of non-ortho nitro benzene ring substituents is 1. The summed E-state index contributed by atoms with van der Waals surface area (Å²) in [4.78, 5) is 12.5. The Bertz CT molecular complexity index is 798. The second-order valence-electron chi connectivity index (χ2n) is 5.12. The highest BCUT2D eigenvalue weighted by Crippen LogP contribution is 2.32. The number of hydrogen-bond donors (Lipinski definition) is 0. The van der Waals surface area contributed by atoms with Crippen LogP contribution in [0.1, 0.15) is 16.7 Å². The predicted octanol–water partition coefficient (Wildman–Crippen LogP) is 3.79. The number of fused-ring (bicyclic) bond motifs is 1. The number of nitrogens with zero attached hydrogens (tertiary/aromatic N) is 3. The molecule has 0 fully saturated rings. The van der Waals surface area contributed by atoms with Crippen LogP contribution >= 0.6 is 15.9 Å². The number of hydrogen-bond acceptors (Lipinski definition) is 4. The minimum atomic E-state index is -0.479. The van der Waals surface area contributed by atoms with Crippen LogP contribution in [0.25, 0.3) is 0 Å². The van der Waals surface area contributed by atoms with Gasteiger partial charge in [-0.15, -0.1) is 0 Å². The molecule has 0 bridgehead atoms. The Kier molecular flexibility index (Phi) is 3.82. The molecule has 0 saturated heterocycles. The van der Waals surface area contributed by atoms with Gasteiger partial charge >= 0.3 is 0 Å². The summed E-state index contributed by atoms with van der Waals surface area (Å²) in [7, 11) is 0. The first-order valence-electron chi connectivity index (χ1n) is 6.80. The van der Waals surface area contributed by atoms with E-state index in [2.05, 4.69) is 33.0 Å². The van der Waals surface area contributed by atoms with Gasteiger partial charge in [0, 0.05) is 29.7 Å². The highest BCUT2D eigenvalue weighted by atomic mass is 79.9. The van der Waals surface area contributed by atoms with Gasteiger partial charge in [-0.1, -0.05) is 28.1 Å². The maximum atomic E-state index is 10.8. The van der Waals surface area contributed by atoms with Crippen molar-refractivity contribution in [3.05, 3.63) is 67.7 Å². The summed E-state index contributed by atoms with van der Waals surface area (Å²) < 4.78 is 1.05. The molecule has 110 valence electrons. The maximum Gasteiger partial charge on any atom is 0.270 e. The van der Waals surface area contributed by atoms with Crippen molar-refractivity contribution in [1.29, 1.82) is 5.26 Å². The first-order valence-corrected chi connectivity index (χ1v) is 7.59. The molecular formula is C16H12BrN3O2. The van der Waals surface area contributed by atoms with Crippen LogP contribution in [0.4, 0.5) is 11.4 Å². The zero-order valence-electron chi connectivity index (χ0n) is 11.6. The van der Waals surface area contributed by atoms with Gasteiger partial charge in [0.25, 0.3) is 5.69 Å². The molecule has 0 saturated carbocycles. The molecule has 0 N–H and O–H groups in total. The Hall–Kier alpha value is -2.39. The molecule has 2 aromatic rings. The SMILES string of the molecule is N#Cc1cc([N+](=O)[O-])ccc1N1CCc2cccc(Br)c2C1. The third kappa shape index (κ3) is 2.55. The fourth-order valence-electron chi connectivity index (χ4n) is 2.75. The summed E-state index contributed by atoms with van der Waals surface area (Å²) in [5.74, 6) is 0. The number of rotatable bonds is 2. The van der Waals surface area contributed by atoms with Gasteiger partial charge in [-0.05, 0) is 29.7 Å². The summed E-state index contributed by atoms with van der Waals surface area (Å²) in [6.07, 6.45) is 0.886.